The lowest BCUT2D eigenvalue weighted by Gasteiger charge is -2.26. The van der Waals surface area contributed by atoms with E-state index < -0.39 is 0 Å². The molecular formula is C21H20BrN5O. The minimum absolute atomic E-state index is 0.0895. The van der Waals surface area contributed by atoms with Crippen LogP contribution in [-0.4, -0.2) is 53.0 Å². The fourth-order valence-electron chi connectivity index (χ4n) is 3.76. The molecule has 0 atom stereocenters. The van der Waals surface area contributed by atoms with Gasteiger partial charge >= 0.3 is 0 Å². The predicted octanol–water partition coefficient (Wildman–Crippen LogP) is 3.06. The maximum atomic E-state index is 13.2. The second-order valence-corrected chi connectivity index (χ2v) is 7.84. The number of benzene rings is 1. The van der Waals surface area contributed by atoms with Gasteiger partial charge in [-0.25, -0.2) is 0 Å². The van der Waals surface area contributed by atoms with Gasteiger partial charge in [-0.05, 0) is 53.2 Å². The van der Waals surface area contributed by atoms with Gasteiger partial charge in [0.15, 0.2) is 5.78 Å². The number of pyridine rings is 1. The van der Waals surface area contributed by atoms with E-state index in [1.807, 2.05) is 29.7 Å². The standard InChI is InChI=1S/C21H20BrN5O/c1-14-20(19(28)13-26-8-6-24-7-9-26)21-18(10-16(22)12-25-21)27(14)17-4-2-15(11-23)3-5-17/h2-5,10,12,24H,6-9,13H2,1H3. The van der Waals surface area contributed by atoms with E-state index >= 15 is 0 Å². The number of ketones is 1. The first-order valence-corrected chi connectivity index (χ1v) is 10.0. The molecule has 28 heavy (non-hydrogen) atoms. The van der Waals surface area contributed by atoms with Gasteiger partial charge in [0.2, 0.25) is 0 Å². The number of fused-ring (bicyclic) bond motifs is 1. The van der Waals surface area contributed by atoms with Crippen molar-refractivity contribution in [2.75, 3.05) is 32.7 Å². The van der Waals surface area contributed by atoms with Gasteiger partial charge < -0.3 is 9.88 Å². The molecule has 1 fully saturated rings. The van der Waals surface area contributed by atoms with Crippen LogP contribution in [0.1, 0.15) is 21.6 Å². The van der Waals surface area contributed by atoms with E-state index in [2.05, 4.69) is 37.2 Å². The Morgan fingerprint density at radius 1 is 1.29 bits per heavy atom. The maximum Gasteiger partial charge on any atom is 0.180 e. The minimum Gasteiger partial charge on any atom is -0.314 e. The van der Waals surface area contributed by atoms with E-state index in [1.54, 1.807) is 18.3 Å². The fourth-order valence-corrected chi connectivity index (χ4v) is 4.08. The number of hydrogen-bond acceptors (Lipinski definition) is 5. The molecule has 0 saturated carbocycles. The van der Waals surface area contributed by atoms with E-state index in [9.17, 15) is 4.79 Å². The molecule has 1 aliphatic heterocycles. The van der Waals surface area contributed by atoms with Crippen LogP contribution >= 0.6 is 15.9 Å². The number of carbonyl (C=O) groups is 1. The van der Waals surface area contributed by atoms with Gasteiger partial charge in [-0.2, -0.15) is 5.26 Å². The number of carbonyl (C=O) groups excluding carboxylic acids is 1. The van der Waals surface area contributed by atoms with Crippen molar-refractivity contribution in [3.8, 4) is 11.8 Å². The first-order chi connectivity index (χ1) is 13.6. The first-order valence-electron chi connectivity index (χ1n) is 9.22. The summed E-state index contributed by atoms with van der Waals surface area (Å²) in [7, 11) is 0. The summed E-state index contributed by atoms with van der Waals surface area (Å²) in [6.07, 6.45) is 1.73. The average molecular weight is 438 g/mol. The molecule has 1 N–H and O–H groups in total. The summed E-state index contributed by atoms with van der Waals surface area (Å²) >= 11 is 3.49. The van der Waals surface area contributed by atoms with Crippen LogP contribution in [0.2, 0.25) is 0 Å². The molecule has 1 aromatic carbocycles. The van der Waals surface area contributed by atoms with E-state index in [-0.39, 0.29) is 5.78 Å². The van der Waals surface area contributed by atoms with Gasteiger partial charge in [0.1, 0.15) is 0 Å². The van der Waals surface area contributed by atoms with Crippen molar-refractivity contribution in [1.29, 1.82) is 5.26 Å². The highest BCUT2D eigenvalue weighted by Crippen LogP contribution is 2.30. The number of aromatic nitrogens is 2. The zero-order valence-corrected chi connectivity index (χ0v) is 17.2. The van der Waals surface area contributed by atoms with Gasteiger partial charge in [0.25, 0.3) is 0 Å². The Hall–Kier alpha value is -2.53. The van der Waals surface area contributed by atoms with Crippen LogP contribution in [0.15, 0.2) is 41.0 Å². The second-order valence-electron chi connectivity index (χ2n) is 6.93. The number of halogens is 1. The van der Waals surface area contributed by atoms with Gasteiger partial charge in [0, 0.05) is 48.2 Å². The van der Waals surface area contributed by atoms with Crippen LogP contribution in [0.3, 0.4) is 0 Å². The fraction of sp³-hybridized carbons (Fsp3) is 0.286. The van der Waals surface area contributed by atoms with Crippen LogP contribution in [0.25, 0.3) is 16.7 Å². The second kappa shape index (κ2) is 7.84. The molecule has 0 spiro atoms. The molecule has 7 heteroatoms. The van der Waals surface area contributed by atoms with E-state index in [4.69, 9.17) is 5.26 Å². The van der Waals surface area contributed by atoms with Crippen molar-refractivity contribution < 1.29 is 4.79 Å². The third kappa shape index (κ3) is 3.47. The molecule has 1 saturated heterocycles. The monoisotopic (exact) mass is 437 g/mol. The van der Waals surface area contributed by atoms with Gasteiger partial charge in [-0.15, -0.1) is 0 Å². The summed E-state index contributed by atoms with van der Waals surface area (Å²) in [5.74, 6) is 0.0895. The summed E-state index contributed by atoms with van der Waals surface area (Å²) in [5.41, 5.74) is 4.64. The SMILES string of the molecule is Cc1c(C(=O)CN2CCNCC2)c2ncc(Br)cc2n1-c1ccc(C#N)cc1. The van der Waals surface area contributed by atoms with E-state index in [0.717, 1.165) is 47.5 Å². The van der Waals surface area contributed by atoms with Crippen LogP contribution in [0, 0.1) is 18.3 Å². The van der Waals surface area contributed by atoms with Crippen molar-refractivity contribution >= 4 is 32.7 Å². The summed E-state index contributed by atoms with van der Waals surface area (Å²) in [6.45, 7) is 5.91. The smallest absolute Gasteiger partial charge is 0.180 e. The number of Topliss-reactive ketones (excluding diaryl/α,β-unsaturated/α-hetero) is 1. The summed E-state index contributed by atoms with van der Waals surface area (Å²) in [5, 5.41) is 12.4. The lowest BCUT2D eigenvalue weighted by Crippen LogP contribution is -2.45. The number of nitrogens with zero attached hydrogens (tertiary/aromatic N) is 4. The van der Waals surface area contributed by atoms with Crippen molar-refractivity contribution in [2.45, 2.75) is 6.92 Å². The quantitative estimate of drug-likeness (QED) is 0.634. The van der Waals surface area contributed by atoms with Crippen LogP contribution in [-0.2, 0) is 0 Å². The Bertz CT molecular complexity index is 1070. The largest absolute Gasteiger partial charge is 0.314 e. The molecule has 6 nitrogen and oxygen atoms in total. The molecule has 1 aliphatic rings. The zero-order chi connectivity index (χ0) is 19.7. The Morgan fingerprint density at radius 2 is 2.00 bits per heavy atom. The molecule has 0 aliphatic carbocycles. The van der Waals surface area contributed by atoms with Gasteiger partial charge in [-0.3, -0.25) is 14.7 Å². The van der Waals surface area contributed by atoms with Crippen LogP contribution in [0.4, 0.5) is 0 Å². The molecule has 0 radical (unpaired) electrons. The van der Waals surface area contributed by atoms with Crippen LogP contribution in [0.5, 0.6) is 0 Å². The Kier molecular flexibility index (Phi) is 5.27. The number of piperazine rings is 1. The lowest BCUT2D eigenvalue weighted by molar-refractivity contribution is 0.0922. The molecular weight excluding hydrogens is 418 g/mol. The van der Waals surface area contributed by atoms with Crippen molar-refractivity contribution in [2.24, 2.45) is 0 Å². The third-order valence-corrected chi connectivity index (χ3v) is 5.55. The van der Waals surface area contributed by atoms with Crippen molar-refractivity contribution in [3.05, 3.63) is 57.8 Å². The molecule has 142 valence electrons. The topological polar surface area (TPSA) is 74.0 Å². The number of nitrogens with one attached hydrogen (secondary N) is 1. The summed E-state index contributed by atoms with van der Waals surface area (Å²) < 4.78 is 2.90. The molecule has 0 amide bonds. The third-order valence-electron chi connectivity index (χ3n) is 5.12. The molecule has 3 heterocycles. The van der Waals surface area contributed by atoms with Crippen molar-refractivity contribution in [1.82, 2.24) is 19.8 Å². The Morgan fingerprint density at radius 3 is 2.68 bits per heavy atom. The van der Waals surface area contributed by atoms with E-state index in [1.165, 1.54) is 0 Å². The number of rotatable bonds is 4. The lowest BCUT2D eigenvalue weighted by atomic mass is 10.1. The highest BCUT2D eigenvalue weighted by molar-refractivity contribution is 9.10. The average Bonchev–Trinajstić information content (AvgIpc) is 3.00. The molecule has 2 aromatic heterocycles. The summed E-state index contributed by atoms with van der Waals surface area (Å²) in [4.78, 5) is 20.0. The molecule has 0 unspecified atom stereocenters. The number of nitriles is 1. The van der Waals surface area contributed by atoms with E-state index in [0.29, 0.717) is 23.2 Å². The van der Waals surface area contributed by atoms with Crippen LogP contribution < -0.4 is 5.32 Å². The normalized spacial score (nSPS) is 14.9. The molecule has 4 rings (SSSR count). The first kappa shape index (κ1) is 18.8. The Balaban J connectivity index is 1.81. The highest BCUT2D eigenvalue weighted by atomic mass is 79.9. The number of hydrogen-bond donors (Lipinski definition) is 1. The predicted molar refractivity (Wildman–Crippen MR) is 112 cm³/mol. The zero-order valence-electron chi connectivity index (χ0n) is 15.6. The van der Waals surface area contributed by atoms with Crippen molar-refractivity contribution in [3.63, 3.8) is 0 Å². The van der Waals surface area contributed by atoms with Gasteiger partial charge in [0.05, 0.1) is 34.8 Å². The van der Waals surface area contributed by atoms with Gasteiger partial charge in [-0.1, -0.05) is 0 Å². The molecule has 3 aromatic rings. The molecule has 0 bridgehead atoms. The minimum atomic E-state index is 0.0895. The summed E-state index contributed by atoms with van der Waals surface area (Å²) in [6, 6.07) is 11.5. The Labute approximate surface area is 171 Å². The maximum absolute atomic E-state index is 13.2. The highest BCUT2D eigenvalue weighted by Gasteiger charge is 2.24.